The van der Waals surface area contributed by atoms with Crippen LogP contribution in [0.25, 0.3) is 0 Å². The molecule has 0 N–H and O–H groups in total. The third kappa shape index (κ3) is 2.71. The summed E-state index contributed by atoms with van der Waals surface area (Å²) < 4.78 is 19.0. The van der Waals surface area contributed by atoms with Crippen molar-refractivity contribution in [2.75, 3.05) is 18.6 Å². The van der Waals surface area contributed by atoms with Crippen LogP contribution in [0, 0.1) is 5.82 Å². The molecule has 2 aromatic carbocycles. The van der Waals surface area contributed by atoms with E-state index in [-0.39, 0.29) is 24.3 Å². The topological polar surface area (TPSA) is 84.0 Å². The fourth-order valence-corrected chi connectivity index (χ4v) is 3.90. The van der Waals surface area contributed by atoms with Gasteiger partial charge in [-0.15, -0.1) is 0 Å². The van der Waals surface area contributed by atoms with Crippen molar-refractivity contribution in [2.45, 2.75) is 18.5 Å². The quantitative estimate of drug-likeness (QED) is 0.584. The molecular weight excluding hydrogens is 379 g/mol. The molecule has 1 fully saturated rings. The molecular formula is C21H17FN2O5. The minimum Gasteiger partial charge on any atom is -0.454 e. The van der Waals surface area contributed by atoms with E-state index in [4.69, 9.17) is 4.74 Å². The molecule has 0 aliphatic carbocycles. The summed E-state index contributed by atoms with van der Waals surface area (Å²) >= 11 is 0. The number of hydrogen-bond acceptors (Lipinski definition) is 5. The van der Waals surface area contributed by atoms with Crippen LogP contribution in [0.4, 0.5) is 10.1 Å². The van der Waals surface area contributed by atoms with Crippen LogP contribution in [-0.2, 0) is 14.3 Å². The average molecular weight is 396 g/mol. The summed E-state index contributed by atoms with van der Waals surface area (Å²) in [6.45, 7) is -0.701. The van der Waals surface area contributed by atoms with Crippen molar-refractivity contribution in [1.29, 1.82) is 0 Å². The lowest BCUT2D eigenvalue weighted by atomic mass is 9.97. The number of anilines is 1. The first-order valence-corrected chi connectivity index (χ1v) is 9.03. The molecule has 2 aliphatic heterocycles. The molecule has 2 amide bonds. The van der Waals surface area contributed by atoms with E-state index in [0.717, 1.165) is 6.07 Å². The molecule has 8 heteroatoms. The number of fused-ring (bicyclic) bond motifs is 3. The van der Waals surface area contributed by atoms with Gasteiger partial charge < -0.3 is 9.64 Å². The van der Waals surface area contributed by atoms with Gasteiger partial charge in [-0.05, 0) is 24.3 Å². The smallest absolute Gasteiger partial charge is 0.354 e. The number of carbonyl (C=O) groups excluding carboxylic acids is 4. The van der Waals surface area contributed by atoms with Crippen LogP contribution in [0.3, 0.4) is 0 Å². The second kappa shape index (κ2) is 6.80. The van der Waals surface area contributed by atoms with Crippen molar-refractivity contribution in [1.82, 2.24) is 4.90 Å². The zero-order chi connectivity index (χ0) is 20.8. The van der Waals surface area contributed by atoms with Crippen molar-refractivity contribution < 1.29 is 28.3 Å². The monoisotopic (exact) mass is 396 g/mol. The Hall–Kier alpha value is -3.55. The van der Waals surface area contributed by atoms with Gasteiger partial charge in [0.25, 0.3) is 5.91 Å². The summed E-state index contributed by atoms with van der Waals surface area (Å²) in [5, 5.41) is 0. The highest BCUT2D eigenvalue weighted by molar-refractivity contribution is 6.15. The molecule has 0 aromatic heterocycles. The fraction of sp³-hybridized carbons (Fsp3) is 0.238. The van der Waals surface area contributed by atoms with Crippen molar-refractivity contribution in [3.63, 3.8) is 0 Å². The minimum atomic E-state index is -1.67. The number of para-hydroxylation sites is 1. The van der Waals surface area contributed by atoms with E-state index >= 15 is 0 Å². The summed E-state index contributed by atoms with van der Waals surface area (Å²) in [7, 11) is 1.42. The minimum absolute atomic E-state index is 0.0368. The molecule has 1 saturated heterocycles. The Morgan fingerprint density at radius 2 is 1.79 bits per heavy atom. The highest BCUT2D eigenvalue weighted by Gasteiger charge is 2.60. The molecule has 0 bridgehead atoms. The van der Waals surface area contributed by atoms with Crippen LogP contribution >= 0.6 is 0 Å². The number of halogens is 1. The van der Waals surface area contributed by atoms with Crippen LogP contribution in [0.1, 0.15) is 33.6 Å². The number of amides is 2. The highest BCUT2D eigenvalue weighted by Crippen LogP contribution is 2.44. The third-order valence-corrected chi connectivity index (χ3v) is 5.38. The summed E-state index contributed by atoms with van der Waals surface area (Å²) in [6.07, 6.45) is 0.0808. The number of esters is 1. The molecule has 148 valence electrons. The Morgan fingerprint density at radius 3 is 2.55 bits per heavy atom. The van der Waals surface area contributed by atoms with Crippen molar-refractivity contribution in [2.24, 2.45) is 0 Å². The maximum Gasteiger partial charge on any atom is 0.354 e. The predicted octanol–water partition coefficient (Wildman–Crippen LogP) is 2.16. The van der Waals surface area contributed by atoms with Crippen LogP contribution in [0.2, 0.25) is 0 Å². The normalized spacial score (nSPS) is 20.3. The largest absolute Gasteiger partial charge is 0.454 e. The first-order chi connectivity index (χ1) is 13.9. The number of nitrogens with zero attached hydrogens (tertiary/aromatic N) is 2. The maximum atomic E-state index is 13.8. The van der Waals surface area contributed by atoms with Gasteiger partial charge >= 0.3 is 5.97 Å². The standard InChI is InChI=1S/C21H17FN2O5/c1-23-19(27)14-7-3-5-9-16(14)24-18(26)10-11-21(23,24)20(28)29-12-17(25)13-6-2-4-8-15(13)22/h2-9H,10-12H2,1H3/t21-/m1/s1. The van der Waals surface area contributed by atoms with Gasteiger partial charge in [0.15, 0.2) is 6.61 Å². The zero-order valence-electron chi connectivity index (χ0n) is 15.6. The number of benzene rings is 2. The Labute approximate surface area is 165 Å². The molecule has 2 aliphatic rings. The van der Waals surface area contributed by atoms with E-state index in [9.17, 15) is 23.6 Å². The van der Waals surface area contributed by atoms with Crippen molar-refractivity contribution in [3.05, 3.63) is 65.5 Å². The lowest BCUT2D eigenvalue weighted by Gasteiger charge is -2.46. The van der Waals surface area contributed by atoms with Gasteiger partial charge in [-0.2, -0.15) is 0 Å². The van der Waals surface area contributed by atoms with E-state index < -0.39 is 35.7 Å². The summed E-state index contributed by atoms with van der Waals surface area (Å²) in [5.74, 6) is -3.09. The Bertz CT molecular complexity index is 1050. The maximum absolute atomic E-state index is 13.8. The zero-order valence-corrected chi connectivity index (χ0v) is 15.6. The van der Waals surface area contributed by atoms with Gasteiger partial charge in [0.05, 0.1) is 16.8 Å². The van der Waals surface area contributed by atoms with Crippen LogP contribution in [-0.4, -0.2) is 47.8 Å². The second-order valence-electron chi connectivity index (χ2n) is 6.91. The van der Waals surface area contributed by atoms with Crippen LogP contribution < -0.4 is 4.90 Å². The second-order valence-corrected chi connectivity index (χ2v) is 6.91. The number of ether oxygens (including phenoxy) is 1. The Kier molecular flexibility index (Phi) is 4.41. The van der Waals surface area contributed by atoms with Gasteiger partial charge in [0, 0.05) is 19.9 Å². The van der Waals surface area contributed by atoms with E-state index in [1.807, 2.05) is 0 Å². The molecule has 1 atom stereocenters. The lowest BCUT2D eigenvalue weighted by molar-refractivity contribution is -0.155. The van der Waals surface area contributed by atoms with Gasteiger partial charge in [-0.1, -0.05) is 24.3 Å². The van der Waals surface area contributed by atoms with E-state index in [1.165, 1.54) is 35.0 Å². The van der Waals surface area contributed by atoms with Crippen molar-refractivity contribution in [3.8, 4) is 0 Å². The summed E-state index contributed by atoms with van der Waals surface area (Å²) in [6, 6.07) is 11.9. The SMILES string of the molecule is CN1C(=O)c2ccccc2N2C(=O)CC[C@@]12C(=O)OCC(=O)c1ccccc1F. The Balaban J connectivity index is 1.65. The molecule has 0 saturated carbocycles. The van der Waals surface area contributed by atoms with Gasteiger partial charge in [0.2, 0.25) is 17.4 Å². The predicted molar refractivity (Wildman–Crippen MR) is 99.7 cm³/mol. The number of Topliss-reactive ketones (excluding diaryl/α,β-unsaturated/α-hetero) is 1. The fourth-order valence-electron chi connectivity index (χ4n) is 3.90. The number of likely N-dealkylation sites (N-methyl/N-ethyl adjacent to an activating group) is 1. The average Bonchev–Trinajstić information content (AvgIpc) is 3.09. The summed E-state index contributed by atoms with van der Waals surface area (Å²) in [5.41, 5.74) is -1.24. The van der Waals surface area contributed by atoms with Crippen molar-refractivity contribution >= 4 is 29.3 Å². The van der Waals surface area contributed by atoms with Gasteiger partial charge in [-0.25, -0.2) is 9.18 Å². The lowest BCUT2D eigenvalue weighted by Crippen LogP contribution is -2.67. The van der Waals surface area contributed by atoms with E-state index in [0.29, 0.717) is 11.3 Å². The number of ketones is 1. The molecule has 0 radical (unpaired) electrons. The molecule has 0 unspecified atom stereocenters. The van der Waals surface area contributed by atoms with Crippen LogP contribution in [0.5, 0.6) is 0 Å². The Morgan fingerprint density at radius 1 is 1.10 bits per heavy atom. The number of carbonyl (C=O) groups is 4. The number of rotatable bonds is 4. The third-order valence-electron chi connectivity index (χ3n) is 5.38. The highest BCUT2D eigenvalue weighted by atomic mass is 19.1. The van der Waals surface area contributed by atoms with Gasteiger partial charge in [-0.3, -0.25) is 19.3 Å². The molecule has 2 aromatic rings. The molecule has 7 nitrogen and oxygen atoms in total. The van der Waals surface area contributed by atoms with E-state index in [1.54, 1.807) is 24.3 Å². The van der Waals surface area contributed by atoms with Gasteiger partial charge in [0.1, 0.15) is 5.82 Å². The molecule has 2 heterocycles. The van der Waals surface area contributed by atoms with Crippen LogP contribution in [0.15, 0.2) is 48.5 Å². The first-order valence-electron chi connectivity index (χ1n) is 9.03. The number of hydrogen-bond donors (Lipinski definition) is 0. The van der Waals surface area contributed by atoms with E-state index in [2.05, 4.69) is 0 Å². The molecule has 4 rings (SSSR count). The first kappa shape index (κ1) is 18.8. The molecule has 29 heavy (non-hydrogen) atoms. The summed E-state index contributed by atoms with van der Waals surface area (Å²) in [4.78, 5) is 53.2. The molecule has 0 spiro atoms.